The quantitative estimate of drug-likeness (QED) is 0.894. The van der Waals surface area contributed by atoms with Gasteiger partial charge in [0.1, 0.15) is 0 Å². The number of nitrogens with zero attached hydrogens (tertiary/aromatic N) is 2. The molecule has 0 saturated heterocycles. The molecule has 4 heteroatoms. The van der Waals surface area contributed by atoms with Gasteiger partial charge in [0.15, 0.2) is 5.82 Å². The van der Waals surface area contributed by atoms with Crippen molar-refractivity contribution in [1.82, 2.24) is 15.2 Å². The highest BCUT2D eigenvalue weighted by molar-refractivity contribution is 5.76. The van der Waals surface area contributed by atoms with Gasteiger partial charge in [-0.2, -0.15) is 5.10 Å². The summed E-state index contributed by atoms with van der Waals surface area (Å²) in [4.78, 5) is 4.24. The Morgan fingerprint density at radius 2 is 2.10 bits per heavy atom. The molecule has 0 aromatic carbocycles. The molecule has 0 atom stereocenters. The molecule has 1 aliphatic carbocycles. The number of rotatable bonds is 4. The van der Waals surface area contributed by atoms with Crippen molar-refractivity contribution in [3.63, 3.8) is 0 Å². The monoisotopic (exact) mass is 284 g/mol. The van der Waals surface area contributed by atoms with E-state index in [2.05, 4.69) is 35.1 Å². The van der Waals surface area contributed by atoms with Crippen molar-refractivity contribution in [1.29, 1.82) is 0 Å². The summed E-state index contributed by atoms with van der Waals surface area (Å²) in [5.74, 6) is 1.25. The van der Waals surface area contributed by atoms with Crippen LogP contribution in [0.5, 0.6) is 0 Å². The summed E-state index contributed by atoms with van der Waals surface area (Å²) in [7, 11) is 0. The van der Waals surface area contributed by atoms with Crippen molar-refractivity contribution >= 4 is 5.82 Å². The lowest BCUT2D eigenvalue weighted by Crippen LogP contribution is -2.25. The van der Waals surface area contributed by atoms with E-state index in [1.165, 1.54) is 37.8 Å². The van der Waals surface area contributed by atoms with Crippen LogP contribution in [0.15, 0.2) is 24.5 Å². The fourth-order valence-electron chi connectivity index (χ4n) is 3.93. The summed E-state index contributed by atoms with van der Waals surface area (Å²) in [6.45, 7) is 4.59. The van der Waals surface area contributed by atoms with E-state index in [9.17, 15) is 0 Å². The summed E-state index contributed by atoms with van der Waals surface area (Å²) in [5.41, 5.74) is 9.70. The van der Waals surface area contributed by atoms with Gasteiger partial charge in [-0.15, -0.1) is 0 Å². The van der Waals surface area contributed by atoms with Crippen molar-refractivity contribution in [3.8, 4) is 11.1 Å². The third kappa shape index (κ3) is 2.55. The summed E-state index contributed by atoms with van der Waals surface area (Å²) in [6.07, 6.45) is 9.87. The summed E-state index contributed by atoms with van der Waals surface area (Å²) in [6, 6.07) is 4.02. The molecular formula is C17H24N4. The highest BCUT2D eigenvalue weighted by Crippen LogP contribution is 2.48. The first-order chi connectivity index (χ1) is 10.1. The molecule has 3 rings (SSSR count). The molecule has 0 spiro atoms. The van der Waals surface area contributed by atoms with E-state index in [4.69, 9.17) is 5.73 Å². The van der Waals surface area contributed by atoms with Crippen molar-refractivity contribution in [2.75, 3.05) is 5.73 Å². The summed E-state index contributed by atoms with van der Waals surface area (Å²) in [5, 5.41) is 7.57. The Hall–Kier alpha value is -1.84. The van der Waals surface area contributed by atoms with Crippen LogP contribution in [0.1, 0.15) is 51.6 Å². The lowest BCUT2D eigenvalue weighted by molar-refractivity contribution is 0.338. The number of anilines is 1. The van der Waals surface area contributed by atoms with Gasteiger partial charge < -0.3 is 5.73 Å². The fourth-order valence-corrected chi connectivity index (χ4v) is 3.93. The van der Waals surface area contributed by atoms with E-state index >= 15 is 0 Å². The minimum absolute atomic E-state index is 0.198. The minimum Gasteiger partial charge on any atom is -0.382 e. The number of hydrogen-bond donors (Lipinski definition) is 2. The largest absolute Gasteiger partial charge is 0.382 e. The first kappa shape index (κ1) is 14.1. The van der Waals surface area contributed by atoms with Crippen molar-refractivity contribution in [2.45, 2.75) is 51.4 Å². The molecular weight excluding hydrogens is 260 g/mol. The number of nitrogens with two attached hydrogens (primary N) is 1. The lowest BCUT2D eigenvalue weighted by atomic mass is 9.74. The molecule has 2 heterocycles. The van der Waals surface area contributed by atoms with Crippen LogP contribution in [-0.2, 0) is 5.41 Å². The molecule has 3 N–H and O–H groups in total. The highest BCUT2D eigenvalue weighted by Gasteiger charge is 2.40. The van der Waals surface area contributed by atoms with Crippen LogP contribution in [0.3, 0.4) is 0 Å². The first-order valence-electron chi connectivity index (χ1n) is 7.87. The number of pyridine rings is 1. The van der Waals surface area contributed by atoms with E-state index in [1.54, 1.807) is 6.20 Å². The van der Waals surface area contributed by atoms with Crippen LogP contribution in [0.4, 0.5) is 5.82 Å². The number of nitrogens with one attached hydrogen (secondary N) is 1. The molecule has 1 aliphatic rings. The van der Waals surface area contributed by atoms with Crippen LogP contribution in [0.25, 0.3) is 11.1 Å². The minimum atomic E-state index is 0.198. The Balaban J connectivity index is 2.10. The Labute approximate surface area is 126 Å². The van der Waals surface area contributed by atoms with E-state index < -0.39 is 0 Å². The Kier molecular flexibility index (Phi) is 3.70. The standard InChI is InChI=1S/C17H24N4/c1-12(2)10-17(7-3-4-8-17)15-14(16(18)21-20-15)13-6-5-9-19-11-13/h5-6,9,11-12H,3-4,7-8,10H2,1-2H3,(H3,18,20,21). The van der Waals surface area contributed by atoms with Gasteiger partial charge in [-0.3, -0.25) is 10.1 Å². The SMILES string of the molecule is CC(C)CC1(c2[nH]nc(N)c2-c2cccnc2)CCCC1. The zero-order chi connectivity index (χ0) is 14.9. The van der Waals surface area contributed by atoms with Crippen LogP contribution in [0.2, 0.25) is 0 Å². The van der Waals surface area contributed by atoms with Crippen LogP contribution >= 0.6 is 0 Å². The Morgan fingerprint density at radius 1 is 1.33 bits per heavy atom. The van der Waals surface area contributed by atoms with Gasteiger partial charge in [-0.1, -0.05) is 32.8 Å². The van der Waals surface area contributed by atoms with Crippen molar-refractivity contribution < 1.29 is 0 Å². The number of H-pyrrole nitrogens is 1. The fraction of sp³-hybridized carbons (Fsp3) is 0.529. The summed E-state index contributed by atoms with van der Waals surface area (Å²) < 4.78 is 0. The highest BCUT2D eigenvalue weighted by atomic mass is 15.2. The molecule has 0 radical (unpaired) electrons. The second-order valence-electron chi connectivity index (χ2n) is 6.69. The van der Waals surface area contributed by atoms with Crippen LogP contribution < -0.4 is 5.73 Å². The second kappa shape index (κ2) is 5.51. The average Bonchev–Trinajstić information content (AvgIpc) is 3.07. The van der Waals surface area contributed by atoms with Crippen LogP contribution in [-0.4, -0.2) is 15.2 Å². The molecule has 2 aromatic rings. The van der Waals surface area contributed by atoms with Gasteiger partial charge in [0.05, 0.1) is 5.69 Å². The molecule has 21 heavy (non-hydrogen) atoms. The molecule has 0 bridgehead atoms. The van der Waals surface area contributed by atoms with E-state index in [-0.39, 0.29) is 5.41 Å². The molecule has 0 amide bonds. The van der Waals surface area contributed by atoms with Gasteiger partial charge in [0, 0.05) is 28.9 Å². The maximum absolute atomic E-state index is 6.16. The second-order valence-corrected chi connectivity index (χ2v) is 6.69. The number of hydrogen-bond acceptors (Lipinski definition) is 3. The maximum atomic E-state index is 6.16. The zero-order valence-corrected chi connectivity index (χ0v) is 12.9. The van der Waals surface area contributed by atoms with E-state index in [1.807, 2.05) is 12.3 Å². The third-order valence-corrected chi connectivity index (χ3v) is 4.63. The number of aromatic amines is 1. The van der Waals surface area contributed by atoms with Gasteiger partial charge in [0.25, 0.3) is 0 Å². The third-order valence-electron chi connectivity index (χ3n) is 4.63. The summed E-state index contributed by atoms with van der Waals surface area (Å²) >= 11 is 0. The lowest BCUT2D eigenvalue weighted by Gasteiger charge is -2.31. The predicted octanol–water partition coefficient (Wildman–Crippen LogP) is 3.91. The predicted molar refractivity (Wildman–Crippen MR) is 85.8 cm³/mol. The van der Waals surface area contributed by atoms with Gasteiger partial charge in [-0.05, 0) is 31.2 Å². The maximum Gasteiger partial charge on any atom is 0.153 e. The average molecular weight is 284 g/mol. The van der Waals surface area contributed by atoms with E-state index in [0.29, 0.717) is 11.7 Å². The normalized spacial score (nSPS) is 17.5. The molecule has 1 fully saturated rings. The molecule has 112 valence electrons. The van der Waals surface area contributed by atoms with E-state index in [0.717, 1.165) is 11.1 Å². The molecule has 1 saturated carbocycles. The van der Waals surface area contributed by atoms with Gasteiger partial charge in [-0.25, -0.2) is 0 Å². The molecule has 2 aromatic heterocycles. The Morgan fingerprint density at radius 3 is 2.71 bits per heavy atom. The molecule has 0 aliphatic heterocycles. The number of aromatic nitrogens is 3. The van der Waals surface area contributed by atoms with Gasteiger partial charge in [0.2, 0.25) is 0 Å². The smallest absolute Gasteiger partial charge is 0.153 e. The topological polar surface area (TPSA) is 67.6 Å². The van der Waals surface area contributed by atoms with Crippen molar-refractivity contribution in [3.05, 3.63) is 30.2 Å². The first-order valence-corrected chi connectivity index (χ1v) is 7.87. The number of nitrogen functional groups attached to an aromatic ring is 1. The Bertz CT molecular complexity index is 595. The molecule has 4 nitrogen and oxygen atoms in total. The van der Waals surface area contributed by atoms with Gasteiger partial charge >= 0.3 is 0 Å². The zero-order valence-electron chi connectivity index (χ0n) is 12.9. The van der Waals surface area contributed by atoms with Crippen molar-refractivity contribution in [2.24, 2.45) is 5.92 Å². The van der Waals surface area contributed by atoms with Crippen LogP contribution in [0, 0.1) is 5.92 Å². The molecule has 0 unspecified atom stereocenters.